The number of nitrogens with zero attached hydrogens (tertiary/aromatic N) is 1. The monoisotopic (exact) mass is 380 g/mol. The van der Waals surface area contributed by atoms with Crippen molar-refractivity contribution in [2.24, 2.45) is 0 Å². The first-order chi connectivity index (χ1) is 12.2. The third kappa shape index (κ3) is 6.55. The third-order valence-corrected chi connectivity index (χ3v) is 4.46. The highest BCUT2D eigenvalue weighted by atomic mass is 32.2. The fourth-order valence-electron chi connectivity index (χ4n) is 2.15. The van der Waals surface area contributed by atoms with E-state index in [2.05, 4.69) is 20.5 Å². The van der Waals surface area contributed by atoms with Crippen molar-refractivity contribution in [1.29, 1.82) is 0 Å². The Morgan fingerprint density at radius 3 is 2.58 bits per heavy atom. The lowest BCUT2D eigenvalue weighted by Crippen LogP contribution is -2.32. The second-order valence-corrected chi connectivity index (χ2v) is 7.48. The number of carbonyl (C=O) groups is 2. The molecular weight excluding hydrogens is 360 g/mol. The topological polar surface area (TPSA) is 130 Å². The summed E-state index contributed by atoms with van der Waals surface area (Å²) in [6.45, 7) is 3.03. The first-order valence-electron chi connectivity index (χ1n) is 7.80. The van der Waals surface area contributed by atoms with Crippen LogP contribution in [0.15, 0.2) is 34.9 Å². The van der Waals surface area contributed by atoms with Crippen molar-refractivity contribution in [2.75, 3.05) is 22.3 Å². The Bertz CT molecular complexity index is 892. The van der Waals surface area contributed by atoms with Crippen LogP contribution in [-0.4, -0.2) is 37.7 Å². The molecule has 0 spiro atoms. The van der Waals surface area contributed by atoms with Gasteiger partial charge in [-0.1, -0.05) is 11.2 Å². The molecule has 2 rings (SSSR count). The standard InChI is InChI=1S/C16H20N4O5S/c1-11-8-15(19-25-11)10-16(22)17-6-7-26(23,24)20-14-5-3-4-13(9-14)18-12(2)21/h3-5,8-9,20H,6-7,10H2,1-2H3,(H,17,22)(H,18,21). The summed E-state index contributed by atoms with van der Waals surface area (Å²) in [4.78, 5) is 22.8. The number of sulfonamides is 1. The molecule has 0 aliphatic rings. The highest BCUT2D eigenvalue weighted by Crippen LogP contribution is 2.16. The predicted octanol–water partition coefficient (Wildman–Crippen LogP) is 1.04. The summed E-state index contributed by atoms with van der Waals surface area (Å²) in [5.41, 5.74) is 1.28. The van der Waals surface area contributed by atoms with E-state index in [0.717, 1.165) is 0 Å². The van der Waals surface area contributed by atoms with Crippen molar-refractivity contribution in [2.45, 2.75) is 20.3 Å². The van der Waals surface area contributed by atoms with Gasteiger partial charge in [0.1, 0.15) is 5.76 Å². The van der Waals surface area contributed by atoms with Crippen molar-refractivity contribution in [3.63, 3.8) is 0 Å². The van der Waals surface area contributed by atoms with E-state index in [4.69, 9.17) is 4.52 Å². The van der Waals surface area contributed by atoms with E-state index in [1.165, 1.54) is 13.0 Å². The van der Waals surface area contributed by atoms with Gasteiger partial charge in [-0.25, -0.2) is 8.42 Å². The third-order valence-electron chi connectivity index (χ3n) is 3.17. The molecule has 1 aromatic heterocycles. The van der Waals surface area contributed by atoms with Crippen molar-refractivity contribution in [3.05, 3.63) is 41.8 Å². The van der Waals surface area contributed by atoms with Gasteiger partial charge in [0.25, 0.3) is 0 Å². The summed E-state index contributed by atoms with van der Waals surface area (Å²) < 4.78 is 31.5. The van der Waals surface area contributed by atoms with Crippen LogP contribution in [0.2, 0.25) is 0 Å². The molecule has 0 bridgehead atoms. The van der Waals surface area contributed by atoms with Gasteiger partial charge in [0, 0.05) is 25.2 Å². The molecule has 2 amide bonds. The number of hydrogen-bond donors (Lipinski definition) is 3. The maximum atomic E-state index is 12.1. The van der Waals surface area contributed by atoms with E-state index < -0.39 is 10.0 Å². The lowest BCUT2D eigenvalue weighted by atomic mass is 10.3. The molecule has 0 aliphatic carbocycles. The summed E-state index contributed by atoms with van der Waals surface area (Å²) in [5, 5.41) is 8.79. The van der Waals surface area contributed by atoms with Crippen LogP contribution in [0.25, 0.3) is 0 Å². The van der Waals surface area contributed by atoms with Crippen LogP contribution in [0.1, 0.15) is 18.4 Å². The second-order valence-electron chi connectivity index (χ2n) is 5.64. The maximum absolute atomic E-state index is 12.1. The molecule has 0 aliphatic heterocycles. The quantitative estimate of drug-likeness (QED) is 0.627. The van der Waals surface area contributed by atoms with E-state index >= 15 is 0 Å². The molecule has 0 radical (unpaired) electrons. The average molecular weight is 380 g/mol. The van der Waals surface area contributed by atoms with Crippen molar-refractivity contribution in [1.82, 2.24) is 10.5 Å². The molecule has 1 heterocycles. The molecule has 0 unspecified atom stereocenters. The summed E-state index contributed by atoms with van der Waals surface area (Å²) in [6, 6.07) is 7.97. The number of anilines is 2. The van der Waals surface area contributed by atoms with Crippen molar-refractivity contribution >= 4 is 33.2 Å². The zero-order chi connectivity index (χ0) is 19.2. The van der Waals surface area contributed by atoms with Crippen LogP contribution < -0.4 is 15.4 Å². The van der Waals surface area contributed by atoms with E-state index in [1.54, 1.807) is 31.2 Å². The molecular formula is C16H20N4O5S. The zero-order valence-electron chi connectivity index (χ0n) is 14.4. The first kappa shape index (κ1) is 19.4. The number of benzene rings is 1. The maximum Gasteiger partial charge on any atom is 0.234 e. The molecule has 1 aromatic carbocycles. The molecule has 0 atom stereocenters. The number of aryl methyl sites for hydroxylation is 1. The minimum Gasteiger partial charge on any atom is -0.361 e. The number of carbonyl (C=O) groups excluding carboxylic acids is 2. The molecule has 3 N–H and O–H groups in total. The van der Waals surface area contributed by atoms with Crippen LogP contribution in [0.5, 0.6) is 0 Å². The van der Waals surface area contributed by atoms with Gasteiger partial charge in [-0.15, -0.1) is 0 Å². The fourth-order valence-corrected chi connectivity index (χ4v) is 3.11. The zero-order valence-corrected chi connectivity index (χ0v) is 15.2. The summed E-state index contributed by atoms with van der Waals surface area (Å²) in [7, 11) is -3.66. The molecule has 9 nitrogen and oxygen atoms in total. The van der Waals surface area contributed by atoms with Crippen LogP contribution >= 0.6 is 0 Å². The van der Waals surface area contributed by atoms with Crippen LogP contribution in [0.3, 0.4) is 0 Å². The van der Waals surface area contributed by atoms with Gasteiger partial charge in [-0.2, -0.15) is 0 Å². The predicted molar refractivity (Wildman–Crippen MR) is 96.1 cm³/mol. The average Bonchev–Trinajstić information content (AvgIpc) is 2.91. The minimum absolute atomic E-state index is 0.0174. The van der Waals surface area contributed by atoms with E-state index in [0.29, 0.717) is 22.8 Å². The Hall–Kier alpha value is -2.88. The lowest BCUT2D eigenvalue weighted by Gasteiger charge is -2.10. The summed E-state index contributed by atoms with van der Waals surface area (Å²) >= 11 is 0. The van der Waals surface area contributed by atoms with Crippen molar-refractivity contribution in [3.8, 4) is 0 Å². The van der Waals surface area contributed by atoms with E-state index in [9.17, 15) is 18.0 Å². The van der Waals surface area contributed by atoms with E-state index in [1.807, 2.05) is 0 Å². The van der Waals surface area contributed by atoms with Crippen molar-refractivity contribution < 1.29 is 22.5 Å². The Morgan fingerprint density at radius 1 is 1.19 bits per heavy atom. The second kappa shape index (κ2) is 8.48. The van der Waals surface area contributed by atoms with Gasteiger partial charge >= 0.3 is 0 Å². The highest BCUT2D eigenvalue weighted by Gasteiger charge is 2.13. The minimum atomic E-state index is -3.66. The molecule has 0 fully saturated rings. The van der Waals surface area contributed by atoms with Gasteiger partial charge in [-0.05, 0) is 25.1 Å². The normalized spacial score (nSPS) is 11.0. The van der Waals surface area contributed by atoms with E-state index in [-0.39, 0.29) is 30.5 Å². The number of hydrogen-bond acceptors (Lipinski definition) is 6. The summed E-state index contributed by atoms with van der Waals surface area (Å²) in [5.74, 6) is -0.293. The molecule has 0 saturated heterocycles. The summed E-state index contributed by atoms with van der Waals surface area (Å²) in [6.07, 6.45) is 0.0174. The Balaban J connectivity index is 1.83. The Labute approximate surface area is 151 Å². The van der Waals surface area contributed by atoms with Gasteiger partial charge < -0.3 is 15.2 Å². The highest BCUT2D eigenvalue weighted by molar-refractivity contribution is 7.92. The largest absolute Gasteiger partial charge is 0.361 e. The molecule has 10 heteroatoms. The Kier molecular flexibility index (Phi) is 6.34. The van der Waals surface area contributed by atoms with Gasteiger partial charge in [-0.3, -0.25) is 14.3 Å². The lowest BCUT2D eigenvalue weighted by molar-refractivity contribution is -0.120. The van der Waals surface area contributed by atoms with Crippen LogP contribution in [-0.2, 0) is 26.0 Å². The Morgan fingerprint density at radius 2 is 1.92 bits per heavy atom. The molecule has 140 valence electrons. The molecule has 26 heavy (non-hydrogen) atoms. The fraction of sp³-hybridized carbons (Fsp3) is 0.312. The first-order valence-corrected chi connectivity index (χ1v) is 9.46. The van der Waals surface area contributed by atoms with Gasteiger partial charge in [0.05, 0.1) is 23.6 Å². The molecule has 2 aromatic rings. The number of aromatic nitrogens is 1. The van der Waals surface area contributed by atoms with Gasteiger partial charge in [0.15, 0.2) is 0 Å². The van der Waals surface area contributed by atoms with Gasteiger partial charge in [0.2, 0.25) is 21.8 Å². The smallest absolute Gasteiger partial charge is 0.234 e. The molecule has 0 saturated carbocycles. The number of nitrogens with one attached hydrogen (secondary N) is 3. The number of amides is 2. The SMILES string of the molecule is CC(=O)Nc1cccc(NS(=O)(=O)CCNC(=O)Cc2cc(C)on2)c1. The van der Waals surface area contributed by atoms with Crippen LogP contribution in [0, 0.1) is 6.92 Å². The van der Waals surface area contributed by atoms with Crippen LogP contribution in [0.4, 0.5) is 11.4 Å². The number of rotatable bonds is 8.